The maximum Gasteiger partial charge on any atom is 0.160 e. The third-order valence-corrected chi connectivity index (χ3v) is 5.10. The van der Waals surface area contributed by atoms with Crippen molar-refractivity contribution in [2.45, 2.75) is 85.7 Å². The first kappa shape index (κ1) is 15.3. The van der Waals surface area contributed by atoms with Gasteiger partial charge in [0, 0.05) is 11.8 Å². The van der Waals surface area contributed by atoms with E-state index in [1.54, 1.807) is 0 Å². The summed E-state index contributed by atoms with van der Waals surface area (Å²) in [7, 11) is 0. The largest absolute Gasteiger partial charge is 0.349 e. The van der Waals surface area contributed by atoms with Crippen molar-refractivity contribution in [3.8, 4) is 0 Å². The highest BCUT2D eigenvalue weighted by Crippen LogP contribution is 2.46. The summed E-state index contributed by atoms with van der Waals surface area (Å²) in [6, 6.07) is 0. The molecule has 0 aromatic carbocycles. The normalized spacial score (nSPS) is 40.3. The van der Waals surface area contributed by atoms with Crippen molar-refractivity contribution in [1.82, 2.24) is 0 Å². The molecule has 2 aliphatic rings. The first-order chi connectivity index (χ1) is 8.82. The fourth-order valence-corrected chi connectivity index (χ4v) is 3.72. The van der Waals surface area contributed by atoms with Gasteiger partial charge in [0.25, 0.3) is 0 Å². The molecule has 0 aromatic heterocycles. The van der Waals surface area contributed by atoms with Crippen molar-refractivity contribution in [1.29, 1.82) is 0 Å². The Morgan fingerprint density at radius 2 is 1.79 bits per heavy atom. The molecule has 2 rings (SSSR count). The Morgan fingerprint density at radius 3 is 2.32 bits per heavy atom. The third kappa shape index (κ3) is 3.33. The van der Waals surface area contributed by atoms with Gasteiger partial charge in [-0.25, -0.2) is 0 Å². The SMILES string of the molecule is CCC1OC(C(C)C)OC2CCC(C(C)(C)C)CC12. The summed E-state index contributed by atoms with van der Waals surface area (Å²) in [5, 5.41) is 0. The molecule has 19 heavy (non-hydrogen) atoms. The molecule has 5 unspecified atom stereocenters. The van der Waals surface area contributed by atoms with Gasteiger partial charge in [-0.15, -0.1) is 0 Å². The Labute approximate surface area is 119 Å². The fraction of sp³-hybridized carbons (Fsp3) is 1.00. The van der Waals surface area contributed by atoms with E-state index in [2.05, 4.69) is 41.5 Å². The molecule has 0 N–H and O–H groups in total. The minimum atomic E-state index is 0.0115. The summed E-state index contributed by atoms with van der Waals surface area (Å²) in [4.78, 5) is 0. The van der Waals surface area contributed by atoms with Crippen molar-refractivity contribution in [3.63, 3.8) is 0 Å². The minimum Gasteiger partial charge on any atom is -0.349 e. The van der Waals surface area contributed by atoms with E-state index in [4.69, 9.17) is 9.47 Å². The highest BCUT2D eigenvalue weighted by molar-refractivity contribution is 4.91. The lowest BCUT2D eigenvalue weighted by Gasteiger charge is -2.49. The van der Waals surface area contributed by atoms with E-state index >= 15 is 0 Å². The second kappa shape index (κ2) is 5.73. The lowest BCUT2D eigenvalue weighted by atomic mass is 9.66. The zero-order chi connectivity index (χ0) is 14.2. The predicted octanol–water partition coefficient (Wildman–Crippen LogP) is 4.62. The second-order valence-electron chi connectivity index (χ2n) is 7.91. The summed E-state index contributed by atoms with van der Waals surface area (Å²) < 4.78 is 12.4. The summed E-state index contributed by atoms with van der Waals surface area (Å²) in [5.41, 5.74) is 0.415. The fourth-order valence-electron chi connectivity index (χ4n) is 3.72. The summed E-state index contributed by atoms with van der Waals surface area (Å²) in [6.45, 7) is 13.8. The maximum atomic E-state index is 6.22. The molecule has 5 atom stereocenters. The van der Waals surface area contributed by atoms with Crippen LogP contribution in [0.3, 0.4) is 0 Å². The van der Waals surface area contributed by atoms with Crippen LogP contribution in [0.1, 0.15) is 67.2 Å². The highest BCUT2D eigenvalue weighted by atomic mass is 16.7. The van der Waals surface area contributed by atoms with Crippen LogP contribution in [0.2, 0.25) is 0 Å². The third-order valence-electron chi connectivity index (χ3n) is 5.10. The second-order valence-corrected chi connectivity index (χ2v) is 7.91. The van der Waals surface area contributed by atoms with Crippen molar-refractivity contribution in [2.75, 3.05) is 0 Å². The Balaban J connectivity index is 2.07. The predicted molar refractivity (Wildman–Crippen MR) is 78.9 cm³/mol. The zero-order valence-electron chi connectivity index (χ0n) is 13.6. The van der Waals surface area contributed by atoms with Crippen molar-refractivity contribution in [3.05, 3.63) is 0 Å². The average molecular weight is 268 g/mol. The molecule has 1 aliphatic carbocycles. The molecule has 2 nitrogen and oxygen atoms in total. The number of hydrogen-bond donors (Lipinski definition) is 0. The number of fused-ring (bicyclic) bond motifs is 1. The molecule has 0 bridgehead atoms. The van der Waals surface area contributed by atoms with Crippen LogP contribution < -0.4 is 0 Å². The average Bonchev–Trinajstić information content (AvgIpc) is 2.35. The van der Waals surface area contributed by atoms with Crippen LogP contribution in [0.5, 0.6) is 0 Å². The molecule has 0 amide bonds. The summed E-state index contributed by atoms with van der Waals surface area (Å²) >= 11 is 0. The molecule has 0 radical (unpaired) electrons. The molecule has 112 valence electrons. The van der Waals surface area contributed by atoms with Gasteiger partial charge < -0.3 is 9.47 Å². The lowest BCUT2D eigenvalue weighted by molar-refractivity contribution is -0.294. The topological polar surface area (TPSA) is 18.5 Å². The van der Waals surface area contributed by atoms with Gasteiger partial charge in [-0.2, -0.15) is 0 Å². The highest BCUT2D eigenvalue weighted by Gasteiger charge is 2.44. The molecule has 1 aliphatic heterocycles. The van der Waals surface area contributed by atoms with Gasteiger partial charge in [0.1, 0.15) is 0 Å². The van der Waals surface area contributed by atoms with E-state index in [-0.39, 0.29) is 6.29 Å². The van der Waals surface area contributed by atoms with Crippen LogP contribution in [0.25, 0.3) is 0 Å². The van der Waals surface area contributed by atoms with Gasteiger partial charge in [0.05, 0.1) is 12.2 Å². The smallest absolute Gasteiger partial charge is 0.160 e. The molecule has 2 heteroatoms. The van der Waals surface area contributed by atoms with Crippen LogP contribution in [-0.2, 0) is 9.47 Å². The number of hydrogen-bond acceptors (Lipinski definition) is 2. The van der Waals surface area contributed by atoms with Gasteiger partial charge in [-0.3, -0.25) is 0 Å². The molecule has 1 saturated heterocycles. The number of rotatable bonds is 2. The van der Waals surface area contributed by atoms with Crippen LogP contribution in [0.15, 0.2) is 0 Å². The molecule has 0 spiro atoms. The first-order valence-electron chi connectivity index (χ1n) is 8.13. The maximum absolute atomic E-state index is 6.22. The van der Waals surface area contributed by atoms with Gasteiger partial charge in [0.15, 0.2) is 6.29 Å². The van der Waals surface area contributed by atoms with E-state index < -0.39 is 0 Å². The summed E-state index contributed by atoms with van der Waals surface area (Å²) in [5.74, 6) is 1.87. The Morgan fingerprint density at radius 1 is 1.11 bits per heavy atom. The molecule has 1 heterocycles. The van der Waals surface area contributed by atoms with E-state index in [1.165, 1.54) is 19.3 Å². The standard InChI is InChI=1S/C17H32O2/c1-7-14-13-10-12(17(4,5)6)8-9-15(13)19-16(18-14)11(2)3/h11-16H,7-10H2,1-6H3. The van der Waals surface area contributed by atoms with E-state index in [0.717, 1.165) is 12.3 Å². The van der Waals surface area contributed by atoms with E-state index in [0.29, 0.717) is 29.5 Å². The molecular formula is C17H32O2. The molecule has 2 fully saturated rings. The lowest BCUT2D eigenvalue weighted by Crippen LogP contribution is -2.51. The Hall–Kier alpha value is -0.0800. The van der Waals surface area contributed by atoms with Gasteiger partial charge in [-0.1, -0.05) is 41.5 Å². The van der Waals surface area contributed by atoms with E-state index in [9.17, 15) is 0 Å². The van der Waals surface area contributed by atoms with Gasteiger partial charge in [-0.05, 0) is 37.0 Å². The molecular weight excluding hydrogens is 236 g/mol. The van der Waals surface area contributed by atoms with Crippen LogP contribution in [0, 0.1) is 23.2 Å². The minimum absolute atomic E-state index is 0.0115. The first-order valence-corrected chi connectivity index (χ1v) is 8.13. The molecule has 1 saturated carbocycles. The summed E-state index contributed by atoms with van der Waals surface area (Å²) in [6.07, 6.45) is 5.77. The number of ether oxygens (including phenoxy) is 2. The zero-order valence-corrected chi connectivity index (χ0v) is 13.6. The van der Waals surface area contributed by atoms with Crippen LogP contribution >= 0.6 is 0 Å². The van der Waals surface area contributed by atoms with Gasteiger partial charge in [0.2, 0.25) is 0 Å². The Bertz CT molecular complexity index is 284. The quantitative estimate of drug-likeness (QED) is 0.727. The van der Waals surface area contributed by atoms with Gasteiger partial charge >= 0.3 is 0 Å². The van der Waals surface area contributed by atoms with Crippen LogP contribution in [0.4, 0.5) is 0 Å². The van der Waals surface area contributed by atoms with E-state index in [1.807, 2.05) is 0 Å². The Kier molecular flexibility index (Phi) is 4.62. The van der Waals surface area contributed by atoms with Crippen LogP contribution in [-0.4, -0.2) is 18.5 Å². The van der Waals surface area contributed by atoms with Crippen molar-refractivity contribution >= 4 is 0 Å². The van der Waals surface area contributed by atoms with Crippen molar-refractivity contribution < 1.29 is 9.47 Å². The molecule has 0 aromatic rings. The van der Waals surface area contributed by atoms with Crippen molar-refractivity contribution in [2.24, 2.45) is 23.2 Å². The monoisotopic (exact) mass is 268 g/mol.